The summed E-state index contributed by atoms with van der Waals surface area (Å²) in [4.78, 5) is 17.9. The van der Waals surface area contributed by atoms with E-state index in [1.54, 1.807) is 13.2 Å². The number of amides is 1. The fraction of sp³-hybridized carbons (Fsp3) is 0.500. The number of carbonyl (C=O) groups excluding carboxylic acids is 1. The molecular weight excluding hydrogens is 240 g/mol. The molecule has 1 atom stereocenters. The van der Waals surface area contributed by atoms with Crippen molar-refractivity contribution in [3.63, 3.8) is 0 Å². The van der Waals surface area contributed by atoms with E-state index in [4.69, 9.17) is 5.26 Å². The second kappa shape index (κ2) is 6.30. The summed E-state index contributed by atoms with van der Waals surface area (Å²) in [5.74, 6) is 0.202. The molecular formula is C14H18N4O. The average Bonchev–Trinajstić information content (AvgIpc) is 2.47. The number of nitrogens with one attached hydrogen (secondary N) is 1. The molecule has 19 heavy (non-hydrogen) atoms. The van der Waals surface area contributed by atoms with Gasteiger partial charge in [-0.15, -0.1) is 0 Å². The number of likely N-dealkylation sites (tertiary alicyclic amines) is 1. The van der Waals surface area contributed by atoms with Gasteiger partial charge in [-0.25, -0.2) is 4.98 Å². The number of rotatable bonds is 3. The number of pyridine rings is 1. The first-order valence-corrected chi connectivity index (χ1v) is 6.52. The molecule has 5 nitrogen and oxygen atoms in total. The minimum atomic E-state index is 0.0797. The van der Waals surface area contributed by atoms with Crippen molar-refractivity contribution in [1.29, 1.82) is 5.26 Å². The monoisotopic (exact) mass is 258 g/mol. The smallest absolute Gasteiger partial charge is 0.224 e. The minimum Gasteiger partial charge on any atom is -0.359 e. The standard InChI is InChI=1S/C14H18N4O/c1-16-14(19)12-3-2-6-18(10-12)9-11-4-5-17-13(7-11)8-15/h4-5,7,12H,2-3,6,9-10H2,1H3,(H,16,19). The number of carbonyl (C=O) groups is 1. The Morgan fingerprint density at radius 1 is 1.68 bits per heavy atom. The molecule has 0 aromatic carbocycles. The van der Waals surface area contributed by atoms with Crippen LogP contribution in [-0.2, 0) is 11.3 Å². The maximum Gasteiger partial charge on any atom is 0.224 e. The molecule has 0 aliphatic carbocycles. The van der Waals surface area contributed by atoms with Crippen LogP contribution in [0.25, 0.3) is 0 Å². The molecule has 2 heterocycles. The molecule has 1 saturated heterocycles. The molecule has 1 aromatic heterocycles. The Hall–Kier alpha value is -1.93. The lowest BCUT2D eigenvalue weighted by atomic mass is 9.97. The average molecular weight is 258 g/mol. The first-order chi connectivity index (χ1) is 9.22. The van der Waals surface area contributed by atoms with Crippen molar-refractivity contribution >= 4 is 5.91 Å². The maximum atomic E-state index is 11.7. The highest BCUT2D eigenvalue weighted by atomic mass is 16.1. The lowest BCUT2D eigenvalue weighted by molar-refractivity contribution is -0.126. The van der Waals surface area contributed by atoms with Crippen LogP contribution in [0, 0.1) is 17.2 Å². The Labute approximate surface area is 113 Å². The van der Waals surface area contributed by atoms with Gasteiger partial charge in [-0.05, 0) is 37.1 Å². The number of hydrogen-bond acceptors (Lipinski definition) is 4. The molecule has 0 radical (unpaired) electrons. The number of aromatic nitrogens is 1. The third kappa shape index (κ3) is 3.52. The van der Waals surface area contributed by atoms with Gasteiger partial charge in [0.25, 0.3) is 0 Å². The van der Waals surface area contributed by atoms with E-state index in [1.807, 2.05) is 18.2 Å². The lowest BCUT2D eigenvalue weighted by Crippen LogP contribution is -2.41. The topological polar surface area (TPSA) is 69.0 Å². The van der Waals surface area contributed by atoms with Crippen molar-refractivity contribution in [3.8, 4) is 6.07 Å². The number of hydrogen-bond donors (Lipinski definition) is 1. The van der Waals surface area contributed by atoms with Gasteiger partial charge in [0.1, 0.15) is 11.8 Å². The summed E-state index contributed by atoms with van der Waals surface area (Å²) < 4.78 is 0. The van der Waals surface area contributed by atoms with Crippen molar-refractivity contribution in [1.82, 2.24) is 15.2 Å². The summed E-state index contributed by atoms with van der Waals surface area (Å²) in [6, 6.07) is 5.78. The SMILES string of the molecule is CNC(=O)C1CCCN(Cc2ccnc(C#N)c2)C1. The van der Waals surface area contributed by atoms with Gasteiger partial charge >= 0.3 is 0 Å². The minimum absolute atomic E-state index is 0.0797. The van der Waals surface area contributed by atoms with E-state index < -0.39 is 0 Å². The van der Waals surface area contributed by atoms with Gasteiger partial charge < -0.3 is 5.32 Å². The van der Waals surface area contributed by atoms with Crippen LogP contribution in [0.4, 0.5) is 0 Å². The predicted molar refractivity (Wildman–Crippen MR) is 71.0 cm³/mol. The van der Waals surface area contributed by atoms with Crippen LogP contribution < -0.4 is 5.32 Å². The second-order valence-corrected chi connectivity index (χ2v) is 4.85. The summed E-state index contributed by atoms with van der Waals surface area (Å²) >= 11 is 0. The molecule has 1 unspecified atom stereocenters. The van der Waals surface area contributed by atoms with E-state index in [2.05, 4.69) is 15.2 Å². The zero-order valence-corrected chi connectivity index (χ0v) is 11.1. The normalized spacial score (nSPS) is 19.7. The zero-order chi connectivity index (χ0) is 13.7. The number of nitriles is 1. The van der Waals surface area contributed by atoms with E-state index >= 15 is 0 Å². The lowest BCUT2D eigenvalue weighted by Gasteiger charge is -2.31. The van der Waals surface area contributed by atoms with E-state index in [9.17, 15) is 4.79 Å². The molecule has 5 heteroatoms. The first kappa shape index (κ1) is 13.5. The largest absolute Gasteiger partial charge is 0.359 e. The molecule has 1 aliphatic rings. The van der Waals surface area contributed by atoms with Gasteiger partial charge in [0.15, 0.2) is 0 Å². The van der Waals surface area contributed by atoms with E-state index in [1.165, 1.54) is 0 Å². The molecule has 1 amide bonds. The summed E-state index contributed by atoms with van der Waals surface area (Å²) in [6.45, 7) is 2.55. The van der Waals surface area contributed by atoms with Crippen molar-refractivity contribution in [3.05, 3.63) is 29.6 Å². The van der Waals surface area contributed by atoms with Gasteiger partial charge in [-0.3, -0.25) is 9.69 Å². The van der Waals surface area contributed by atoms with Crippen LogP contribution in [0.1, 0.15) is 24.1 Å². The third-order valence-electron chi connectivity index (χ3n) is 3.47. The maximum absolute atomic E-state index is 11.7. The number of nitrogens with zero attached hydrogens (tertiary/aromatic N) is 3. The Balaban J connectivity index is 1.98. The summed E-state index contributed by atoms with van der Waals surface area (Å²) in [5, 5.41) is 11.6. The van der Waals surface area contributed by atoms with Crippen LogP contribution in [-0.4, -0.2) is 35.9 Å². The predicted octanol–water partition coefficient (Wildman–Crippen LogP) is 0.911. The van der Waals surface area contributed by atoms with E-state index in [0.29, 0.717) is 5.69 Å². The molecule has 1 N–H and O–H groups in total. The van der Waals surface area contributed by atoms with Gasteiger partial charge in [0.2, 0.25) is 5.91 Å². The van der Waals surface area contributed by atoms with Crippen molar-refractivity contribution in [2.24, 2.45) is 5.92 Å². The Morgan fingerprint density at radius 3 is 3.26 bits per heavy atom. The van der Waals surface area contributed by atoms with Gasteiger partial charge in [0.05, 0.1) is 5.92 Å². The van der Waals surface area contributed by atoms with E-state index in [0.717, 1.165) is 38.0 Å². The van der Waals surface area contributed by atoms with Crippen molar-refractivity contribution in [2.45, 2.75) is 19.4 Å². The van der Waals surface area contributed by atoms with Crippen molar-refractivity contribution < 1.29 is 4.79 Å². The Morgan fingerprint density at radius 2 is 2.53 bits per heavy atom. The molecule has 0 saturated carbocycles. The summed E-state index contributed by atoms with van der Waals surface area (Å²) in [5.41, 5.74) is 1.52. The molecule has 100 valence electrons. The fourth-order valence-electron chi connectivity index (χ4n) is 2.51. The highest BCUT2D eigenvalue weighted by molar-refractivity contribution is 5.78. The molecule has 1 aromatic rings. The van der Waals surface area contributed by atoms with Crippen LogP contribution >= 0.6 is 0 Å². The van der Waals surface area contributed by atoms with E-state index in [-0.39, 0.29) is 11.8 Å². The van der Waals surface area contributed by atoms with Crippen LogP contribution in [0.15, 0.2) is 18.3 Å². The quantitative estimate of drug-likeness (QED) is 0.875. The highest BCUT2D eigenvalue weighted by Crippen LogP contribution is 2.18. The van der Waals surface area contributed by atoms with Gasteiger partial charge in [-0.2, -0.15) is 5.26 Å². The number of piperidine rings is 1. The van der Waals surface area contributed by atoms with Crippen molar-refractivity contribution in [2.75, 3.05) is 20.1 Å². The van der Waals surface area contributed by atoms with Crippen LogP contribution in [0.5, 0.6) is 0 Å². The zero-order valence-electron chi connectivity index (χ0n) is 11.1. The summed E-state index contributed by atoms with van der Waals surface area (Å²) in [7, 11) is 1.68. The third-order valence-corrected chi connectivity index (χ3v) is 3.47. The molecule has 2 rings (SSSR count). The highest BCUT2D eigenvalue weighted by Gasteiger charge is 2.24. The van der Waals surface area contributed by atoms with Gasteiger partial charge in [-0.1, -0.05) is 0 Å². The Kier molecular flexibility index (Phi) is 4.48. The van der Waals surface area contributed by atoms with Crippen LogP contribution in [0.3, 0.4) is 0 Å². The molecule has 1 fully saturated rings. The first-order valence-electron chi connectivity index (χ1n) is 6.52. The fourth-order valence-corrected chi connectivity index (χ4v) is 2.51. The summed E-state index contributed by atoms with van der Waals surface area (Å²) in [6.07, 6.45) is 3.65. The Bertz CT molecular complexity index is 494. The molecule has 0 spiro atoms. The molecule has 1 aliphatic heterocycles. The second-order valence-electron chi connectivity index (χ2n) is 4.85. The van der Waals surface area contributed by atoms with Crippen LogP contribution in [0.2, 0.25) is 0 Å². The van der Waals surface area contributed by atoms with Gasteiger partial charge in [0, 0.05) is 26.3 Å². The molecule has 0 bridgehead atoms.